The van der Waals surface area contributed by atoms with Crippen molar-refractivity contribution in [3.05, 3.63) is 52.5 Å². The number of methoxy groups -OCH3 is 1. The number of nitrogens with zero attached hydrogens (tertiary/aromatic N) is 1. The highest BCUT2D eigenvalue weighted by Gasteiger charge is 2.36. The predicted octanol–water partition coefficient (Wildman–Crippen LogP) is 3.99. The molecule has 1 N–H and O–H groups in total. The second-order valence-corrected chi connectivity index (χ2v) is 6.48. The third kappa shape index (κ3) is 3.72. The molecule has 0 aromatic heterocycles. The average molecular weight is 379 g/mol. The highest BCUT2D eigenvalue weighted by Crippen LogP contribution is 2.35. The van der Waals surface area contributed by atoms with E-state index in [0.717, 1.165) is 0 Å². The molecular formula is C18H16Cl2N2O3. The summed E-state index contributed by atoms with van der Waals surface area (Å²) >= 11 is 12.2. The molecule has 1 saturated heterocycles. The normalized spacial score (nSPS) is 16.8. The van der Waals surface area contributed by atoms with Crippen molar-refractivity contribution in [3.8, 4) is 5.75 Å². The second-order valence-electron chi connectivity index (χ2n) is 5.70. The monoisotopic (exact) mass is 378 g/mol. The van der Waals surface area contributed by atoms with Crippen molar-refractivity contribution >= 4 is 46.4 Å². The first kappa shape index (κ1) is 17.6. The lowest BCUT2D eigenvalue weighted by Crippen LogP contribution is -2.28. The van der Waals surface area contributed by atoms with Gasteiger partial charge in [0.2, 0.25) is 11.8 Å². The summed E-state index contributed by atoms with van der Waals surface area (Å²) in [7, 11) is 1.58. The van der Waals surface area contributed by atoms with Gasteiger partial charge in [-0.3, -0.25) is 9.59 Å². The predicted molar refractivity (Wildman–Crippen MR) is 98.5 cm³/mol. The fourth-order valence-corrected chi connectivity index (χ4v) is 3.13. The molecule has 1 aliphatic rings. The lowest BCUT2D eigenvalue weighted by Gasteiger charge is -2.18. The van der Waals surface area contributed by atoms with Crippen LogP contribution in [-0.2, 0) is 9.59 Å². The van der Waals surface area contributed by atoms with E-state index in [0.29, 0.717) is 27.2 Å². The Morgan fingerprint density at radius 3 is 2.60 bits per heavy atom. The Labute approximate surface area is 155 Å². The lowest BCUT2D eigenvalue weighted by atomic mass is 10.1. The van der Waals surface area contributed by atoms with Crippen LogP contribution in [0.5, 0.6) is 5.75 Å². The van der Waals surface area contributed by atoms with Gasteiger partial charge in [-0.25, -0.2) is 0 Å². The molecule has 1 aliphatic heterocycles. The molecule has 1 fully saturated rings. The summed E-state index contributed by atoms with van der Waals surface area (Å²) in [5.74, 6) is -0.112. The lowest BCUT2D eigenvalue weighted by molar-refractivity contribution is -0.122. The molecule has 1 heterocycles. The number of halogens is 2. The minimum atomic E-state index is -0.454. The summed E-state index contributed by atoms with van der Waals surface area (Å²) in [6, 6.07) is 12.1. The maximum Gasteiger partial charge on any atom is 0.229 e. The van der Waals surface area contributed by atoms with Crippen LogP contribution in [0.4, 0.5) is 11.4 Å². The molecule has 0 unspecified atom stereocenters. The van der Waals surface area contributed by atoms with Gasteiger partial charge in [0.25, 0.3) is 0 Å². The molecule has 0 saturated carbocycles. The van der Waals surface area contributed by atoms with Crippen molar-refractivity contribution in [1.82, 2.24) is 0 Å². The van der Waals surface area contributed by atoms with Gasteiger partial charge in [0.05, 0.1) is 28.8 Å². The van der Waals surface area contributed by atoms with Gasteiger partial charge in [-0.1, -0.05) is 29.3 Å². The molecule has 2 aromatic rings. The fraction of sp³-hybridized carbons (Fsp3) is 0.222. The van der Waals surface area contributed by atoms with Crippen molar-refractivity contribution < 1.29 is 14.3 Å². The zero-order valence-electron chi connectivity index (χ0n) is 13.5. The summed E-state index contributed by atoms with van der Waals surface area (Å²) in [5, 5.41) is 3.51. The summed E-state index contributed by atoms with van der Waals surface area (Å²) in [6.45, 7) is 0.265. The van der Waals surface area contributed by atoms with Crippen molar-refractivity contribution in [2.75, 3.05) is 23.9 Å². The number of hydrogen-bond acceptors (Lipinski definition) is 3. The van der Waals surface area contributed by atoms with Gasteiger partial charge in [-0.05, 0) is 36.4 Å². The number of amides is 2. The number of ether oxygens (including phenoxy) is 1. The Morgan fingerprint density at radius 2 is 1.92 bits per heavy atom. The molecule has 25 heavy (non-hydrogen) atoms. The maximum absolute atomic E-state index is 12.5. The van der Waals surface area contributed by atoms with Gasteiger partial charge in [0, 0.05) is 18.7 Å². The largest absolute Gasteiger partial charge is 0.497 e. The van der Waals surface area contributed by atoms with Gasteiger partial charge in [-0.15, -0.1) is 0 Å². The third-order valence-corrected chi connectivity index (χ3v) is 4.88. The van der Waals surface area contributed by atoms with Crippen LogP contribution in [0.2, 0.25) is 10.0 Å². The van der Waals surface area contributed by atoms with E-state index in [1.54, 1.807) is 49.6 Å². The van der Waals surface area contributed by atoms with E-state index in [1.807, 2.05) is 0 Å². The summed E-state index contributed by atoms with van der Waals surface area (Å²) in [4.78, 5) is 26.3. The number of rotatable bonds is 4. The smallest absolute Gasteiger partial charge is 0.229 e. The molecule has 130 valence electrons. The quantitative estimate of drug-likeness (QED) is 0.874. The zero-order chi connectivity index (χ0) is 18.0. The minimum absolute atomic E-state index is 0.130. The Morgan fingerprint density at radius 1 is 1.20 bits per heavy atom. The highest BCUT2D eigenvalue weighted by molar-refractivity contribution is 6.44. The van der Waals surface area contributed by atoms with Gasteiger partial charge in [0.15, 0.2) is 0 Å². The van der Waals surface area contributed by atoms with E-state index in [-0.39, 0.29) is 24.8 Å². The Balaban J connectivity index is 1.71. The first-order valence-electron chi connectivity index (χ1n) is 7.69. The second kappa shape index (κ2) is 7.33. The number of benzene rings is 2. The molecule has 0 bridgehead atoms. The topological polar surface area (TPSA) is 58.6 Å². The van der Waals surface area contributed by atoms with Gasteiger partial charge < -0.3 is 15.0 Å². The molecule has 1 atom stereocenters. The Bertz CT molecular complexity index is 808. The molecule has 0 radical (unpaired) electrons. The van der Waals surface area contributed by atoms with Gasteiger partial charge in [-0.2, -0.15) is 0 Å². The van der Waals surface area contributed by atoms with Crippen molar-refractivity contribution in [1.29, 1.82) is 0 Å². The molecule has 0 aliphatic carbocycles. The Kier molecular flexibility index (Phi) is 5.16. The molecule has 2 aromatic carbocycles. The van der Waals surface area contributed by atoms with E-state index in [2.05, 4.69) is 5.32 Å². The maximum atomic E-state index is 12.5. The third-order valence-electron chi connectivity index (χ3n) is 4.08. The van der Waals surface area contributed by atoms with E-state index < -0.39 is 5.92 Å². The number of hydrogen-bond donors (Lipinski definition) is 1. The number of carbonyl (C=O) groups excluding carboxylic acids is 2. The SMILES string of the molecule is COc1ccc(NC(=O)[C@@H]2CC(=O)N(c3cccc(Cl)c3Cl)C2)cc1. The van der Waals surface area contributed by atoms with E-state index >= 15 is 0 Å². The number of carbonyl (C=O) groups is 2. The summed E-state index contributed by atoms with van der Waals surface area (Å²) < 4.78 is 5.08. The van der Waals surface area contributed by atoms with E-state index in [4.69, 9.17) is 27.9 Å². The van der Waals surface area contributed by atoms with Crippen LogP contribution in [0.25, 0.3) is 0 Å². The van der Waals surface area contributed by atoms with Crippen molar-refractivity contribution in [3.63, 3.8) is 0 Å². The Hall–Kier alpha value is -2.24. The van der Waals surface area contributed by atoms with Crippen LogP contribution in [-0.4, -0.2) is 25.5 Å². The average Bonchev–Trinajstić information content (AvgIpc) is 3.00. The molecule has 7 heteroatoms. The van der Waals surface area contributed by atoms with E-state index in [9.17, 15) is 9.59 Å². The highest BCUT2D eigenvalue weighted by atomic mass is 35.5. The van der Waals surface area contributed by atoms with Crippen LogP contribution >= 0.6 is 23.2 Å². The van der Waals surface area contributed by atoms with Crippen LogP contribution < -0.4 is 15.0 Å². The minimum Gasteiger partial charge on any atom is -0.497 e. The first-order valence-corrected chi connectivity index (χ1v) is 8.44. The zero-order valence-corrected chi connectivity index (χ0v) is 15.0. The van der Waals surface area contributed by atoms with E-state index in [1.165, 1.54) is 4.90 Å². The summed E-state index contributed by atoms with van der Waals surface area (Å²) in [5.41, 5.74) is 1.18. The fourth-order valence-electron chi connectivity index (χ4n) is 2.74. The number of nitrogens with one attached hydrogen (secondary N) is 1. The van der Waals surface area contributed by atoms with Crippen LogP contribution in [0.3, 0.4) is 0 Å². The number of anilines is 2. The van der Waals surface area contributed by atoms with Crippen LogP contribution in [0.1, 0.15) is 6.42 Å². The first-order chi connectivity index (χ1) is 12.0. The molecule has 2 amide bonds. The van der Waals surface area contributed by atoms with Crippen LogP contribution in [0, 0.1) is 5.92 Å². The molecule has 3 rings (SSSR count). The van der Waals surface area contributed by atoms with Crippen molar-refractivity contribution in [2.45, 2.75) is 6.42 Å². The molecule has 0 spiro atoms. The summed E-state index contributed by atoms with van der Waals surface area (Å²) in [6.07, 6.45) is 0.130. The van der Waals surface area contributed by atoms with Gasteiger partial charge >= 0.3 is 0 Å². The van der Waals surface area contributed by atoms with Crippen LogP contribution in [0.15, 0.2) is 42.5 Å². The van der Waals surface area contributed by atoms with Crippen molar-refractivity contribution in [2.24, 2.45) is 5.92 Å². The molecular weight excluding hydrogens is 363 g/mol. The molecule has 5 nitrogen and oxygen atoms in total. The van der Waals surface area contributed by atoms with Gasteiger partial charge in [0.1, 0.15) is 5.75 Å². The standard InChI is InChI=1S/C18H16Cl2N2O3/c1-25-13-7-5-12(6-8-13)21-18(24)11-9-16(23)22(10-11)15-4-2-3-14(19)17(15)20/h2-8,11H,9-10H2,1H3,(H,21,24)/t11-/m1/s1.